The van der Waals surface area contributed by atoms with Gasteiger partial charge in [-0.05, 0) is 35.9 Å². The van der Waals surface area contributed by atoms with Gasteiger partial charge in [0.1, 0.15) is 5.65 Å². The molecule has 0 aliphatic heterocycles. The van der Waals surface area contributed by atoms with E-state index in [0.717, 1.165) is 16.6 Å². The molecule has 2 aromatic carbocycles. The van der Waals surface area contributed by atoms with E-state index < -0.39 is 0 Å². The Morgan fingerprint density at radius 2 is 1.48 bits per heavy atom. The smallest absolute Gasteiger partial charge is 0.264 e. The van der Waals surface area contributed by atoms with E-state index in [9.17, 15) is 4.79 Å². The SMILES string of the molecule is O=c1c(-c2ccccc2)cc2cccnc2n1-c1ccccc1. The Bertz CT molecular complexity index is 1020. The minimum Gasteiger partial charge on any atom is -0.268 e. The number of fused-ring (bicyclic) bond motifs is 1. The monoisotopic (exact) mass is 298 g/mol. The van der Waals surface area contributed by atoms with Crippen LogP contribution in [0, 0.1) is 0 Å². The van der Waals surface area contributed by atoms with Crippen molar-refractivity contribution in [2.45, 2.75) is 0 Å². The second kappa shape index (κ2) is 5.54. The van der Waals surface area contributed by atoms with Crippen molar-refractivity contribution in [3.05, 3.63) is 95.4 Å². The summed E-state index contributed by atoms with van der Waals surface area (Å²) in [7, 11) is 0. The van der Waals surface area contributed by atoms with E-state index in [1.807, 2.05) is 78.9 Å². The van der Waals surface area contributed by atoms with Crippen molar-refractivity contribution in [1.82, 2.24) is 9.55 Å². The zero-order valence-electron chi connectivity index (χ0n) is 12.4. The second-order valence-electron chi connectivity index (χ2n) is 5.32. The number of hydrogen-bond acceptors (Lipinski definition) is 2. The molecule has 0 spiro atoms. The van der Waals surface area contributed by atoms with Crippen LogP contribution in [-0.4, -0.2) is 9.55 Å². The molecule has 0 saturated carbocycles. The van der Waals surface area contributed by atoms with E-state index in [1.165, 1.54) is 0 Å². The van der Waals surface area contributed by atoms with Gasteiger partial charge in [0, 0.05) is 17.1 Å². The van der Waals surface area contributed by atoms with Crippen LogP contribution >= 0.6 is 0 Å². The van der Waals surface area contributed by atoms with Crippen molar-refractivity contribution < 1.29 is 0 Å². The van der Waals surface area contributed by atoms with Crippen molar-refractivity contribution in [3.63, 3.8) is 0 Å². The summed E-state index contributed by atoms with van der Waals surface area (Å²) in [6.45, 7) is 0. The highest BCUT2D eigenvalue weighted by Gasteiger charge is 2.12. The molecule has 0 bridgehead atoms. The largest absolute Gasteiger partial charge is 0.268 e. The normalized spacial score (nSPS) is 10.8. The first-order valence-electron chi connectivity index (χ1n) is 7.46. The van der Waals surface area contributed by atoms with Crippen LogP contribution in [0.25, 0.3) is 27.8 Å². The van der Waals surface area contributed by atoms with Crippen LogP contribution in [0.3, 0.4) is 0 Å². The third-order valence-electron chi connectivity index (χ3n) is 3.86. The fourth-order valence-electron chi connectivity index (χ4n) is 2.78. The van der Waals surface area contributed by atoms with Crippen LogP contribution in [0.4, 0.5) is 0 Å². The lowest BCUT2D eigenvalue weighted by Gasteiger charge is -2.12. The highest BCUT2D eigenvalue weighted by molar-refractivity contribution is 5.82. The van der Waals surface area contributed by atoms with Crippen LogP contribution in [0.1, 0.15) is 0 Å². The summed E-state index contributed by atoms with van der Waals surface area (Å²) in [5.74, 6) is 0. The first-order chi connectivity index (χ1) is 11.3. The lowest BCUT2D eigenvalue weighted by atomic mass is 10.1. The summed E-state index contributed by atoms with van der Waals surface area (Å²) in [5, 5.41) is 0.940. The highest BCUT2D eigenvalue weighted by Crippen LogP contribution is 2.21. The van der Waals surface area contributed by atoms with Crippen LogP contribution in [0.5, 0.6) is 0 Å². The molecule has 4 aromatic rings. The number of para-hydroxylation sites is 1. The molecule has 0 aliphatic carbocycles. The van der Waals surface area contributed by atoms with Crippen LogP contribution in [0.15, 0.2) is 89.9 Å². The van der Waals surface area contributed by atoms with Crippen molar-refractivity contribution in [2.75, 3.05) is 0 Å². The molecule has 0 fully saturated rings. The number of rotatable bonds is 2. The van der Waals surface area contributed by atoms with E-state index in [2.05, 4.69) is 4.98 Å². The van der Waals surface area contributed by atoms with Gasteiger partial charge in [-0.1, -0.05) is 48.5 Å². The van der Waals surface area contributed by atoms with Gasteiger partial charge in [0.2, 0.25) is 0 Å². The van der Waals surface area contributed by atoms with Crippen molar-refractivity contribution in [3.8, 4) is 16.8 Å². The van der Waals surface area contributed by atoms with Crippen LogP contribution in [0.2, 0.25) is 0 Å². The maximum Gasteiger partial charge on any atom is 0.264 e. The van der Waals surface area contributed by atoms with Gasteiger partial charge in [-0.25, -0.2) is 4.98 Å². The van der Waals surface area contributed by atoms with Crippen molar-refractivity contribution in [2.24, 2.45) is 0 Å². The average molecular weight is 298 g/mol. The molecule has 4 rings (SSSR count). The van der Waals surface area contributed by atoms with E-state index in [0.29, 0.717) is 11.2 Å². The fourth-order valence-corrected chi connectivity index (χ4v) is 2.78. The zero-order valence-corrected chi connectivity index (χ0v) is 12.4. The van der Waals surface area contributed by atoms with Gasteiger partial charge in [-0.3, -0.25) is 9.36 Å². The average Bonchev–Trinajstić information content (AvgIpc) is 2.63. The summed E-state index contributed by atoms with van der Waals surface area (Å²) in [4.78, 5) is 17.5. The zero-order chi connectivity index (χ0) is 15.6. The lowest BCUT2D eigenvalue weighted by Crippen LogP contribution is -2.21. The van der Waals surface area contributed by atoms with Gasteiger partial charge < -0.3 is 0 Å². The van der Waals surface area contributed by atoms with E-state index in [-0.39, 0.29) is 5.56 Å². The third-order valence-corrected chi connectivity index (χ3v) is 3.86. The first kappa shape index (κ1) is 13.5. The molecule has 0 radical (unpaired) electrons. The quantitative estimate of drug-likeness (QED) is 0.559. The molecule has 3 heteroatoms. The van der Waals surface area contributed by atoms with Crippen molar-refractivity contribution in [1.29, 1.82) is 0 Å². The van der Waals surface area contributed by atoms with Gasteiger partial charge in [-0.2, -0.15) is 0 Å². The number of hydrogen-bond donors (Lipinski definition) is 0. The number of benzene rings is 2. The molecule has 0 aliphatic rings. The minimum absolute atomic E-state index is 0.0615. The maximum atomic E-state index is 13.1. The van der Waals surface area contributed by atoms with E-state index in [4.69, 9.17) is 0 Å². The molecule has 0 amide bonds. The maximum absolute atomic E-state index is 13.1. The highest BCUT2D eigenvalue weighted by atomic mass is 16.1. The Kier molecular flexibility index (Phi) is 3.24. The number of aromatic nitrogens is 2. The van der Waals surface area contributed by atoms with E-state index in [1.54, 1.807) is 10.8 Å². The summed E-state index contributed by atoms with van der Waals surface area (Å²) in [6, 6.07) is 25.1. The molecule has 0 atom stereocenters. The molecule has 0 N–H and O–H groups in total. The van der Waals surface area contributed by atoms with Crippen molar-refractivity contribution >= 4 is 11.0 Å². The Hall–Kier alpha value is -3.20. The van der Waals surface area contributed by atoms with Gasteiger partial charge in [0.05, 0.1) is 5.69 Å². The summed E-state index contributed by atoms with van der Waals surface area (Å²) < 4.78 is 1.68. The molecular formula is C20H14N2O. The third kappa shape index (κ3) is 2.32. The standard InChI is InChI=1S/C20H14N2O/c23-20-18(15-8-3-1-4-9-15)14-16-10-7-13-21-19(16)22(20)17-11-5-2-6-12-17/h1-14H. The summed E-state index contributed by atoms with van der Waals surface area (Å²) >= 11 is 0. The Balaban J connectivity index is 2.12. The lowest BCUT2D eigenvalue weighted by molar-refractivity contribution is 1.02. The molecule has 110 valence electrons. The molecule has 2 heterocycles. The molecule has 23 heavy (non-hydrogen) atoms. The first-order valence-corrected chi connectivity index (χ1v) is 7.46. The number of nitrogens with zero attached hydrogens (tertiary/aromatic N) is 2. The molecular weight excluding hydrogens is 284 g/mol. The van der Waals surface area contributed by atoms with Crippen LogP contribution < -0.4 is 5.56 Å². The molecule has 2 aromatic heterocycles. The Labute approximate surface area is 133 Å². The summed E-state index contributed by atoms with van der Waals surface area (Å²) in [6.07, 6.45) is 1.71. The Morgan fingerprint density at radius 1 is 0.783 bits per heavy atom. The Morgan fingerprint density at radius 3 is 2.22 bits per heavy atom. The fraction of sp³-hybridized carbons (Fsp3) is 0. The predicted octanol–water partition coefficient (Wildman–Crippen LogP) is 4.05. The second-order valence-corrected chi connectivity index (χ2v) is 5.32. The molecule has 3 nitrogen and oxygen atoms in total. The minimum atomic E-state index is -0.0615. The van der Waals surface area contributed by atoms with E-state index >= 15 is 0 Å². The van der Waals surface area contributed by atoms with Crippen LogP contribution in [-0.2, 0) is 0 Å². The predicted molar refractivity (Wildman–Crippen MR) is 92.8 cm³/mol. The molecule has 0 unspecified atom stereocenters. The molecule has 0 saturated heterocycles. The number of pyridine rings is 2. The van der Waals surface area contributed by atoms with Gasteiger partial charge >= 0.3 is 0 Å². The summed E-state index contributed by atoms with van der Waals surface area (Å²) in [5.41, 5.74) is 3.01. The van der Waals surface area contributed by atoms with Gasteiger partial charge in [0.15, 0.2) is 0 Å². The van der Waals surface area contributed by atoms with Gasteiger partial charge in [-0.15, -0.1) is 0 Å². The van der Waals surface area contributed by atoms with Gasteiger partial charge in [0.25, 0.3) is 5.56 Å². The topological polar surface area (TPSA) is 34.9 Å².